The van der Waals surface area contributed by atoms with Crippen LogP contribution in [-0.2, 0) is 0 Å². The molecule has 1 aliphatic carbocycles. The summed E-state index contributed by atoms with van der Waals surface area (Å²) in [6.07, 6.45) is 11.9. The van der Waals surface area contributed by atoms with Gasteiger partial charge in [0.05, 0.1) is 0 Å². The lowest BCUT2D eigenvalue weighted by Gasteiger charge is -2.30. The minimum atomic E-state index is 0.401. The molecule has 0 atom stereocenters. The minimum absolute atomic E-state index is 0.401. The van der Waals surface area contributed by atoms with E-state index in [2.05, 4.69) is 22.6 Å². The Labute approximate surface area is 120 Å². The number of aryl methyl sites for hydroxylation is 1. The second-order valence-corrected chi connectivity index (χ2v) is 6.66. The number of thioether (sulfide) groups is 1. The van der Waals surface area contributed by atoms with E-state index in [0.29, 0.717) is 5.41 Å². The van der Waals surface area contributed by atoms with Gasteiger partial charge in [-0.1, -0.05) is 37.4 Å². The van der Waals surface area contributed by atoms with Crippen molar-refractivity contribution in [2.45, 2.75) is 50.6 Å². The summed E-state index contributed by atoms with van der Waals surface area (Å²) in [6.45, 7) is 2.02. The SMILES string of the molecule is Cc1cnc(SCC2(CS)CCCCCC2)nc1. The molecule has 0 aromatic carbocycles. The molecule has 1 saturated carbocycles. The first-order valence-corrected chi connectivity index (χ1v) is 8.38. The fourth-order valence-corrected chi connectivity index (χ4v) is 4.16. The maximum absolute atomic E-state index is 4.61. The Bertz CT molecular complexity index is 357. The van der Waals surface area contributed by atoms with Gasteiger partial charge in [-0.15, -0.1) is 0 Å². The molecule has 2 rings (SSSR count). The highest BCUT2D eigenvalue weighted by molar-refractivity contribution is 7.99. The molecular weight excluding hydrogens is 260 g/mol. The van der Waals surface area contributed by atoms with Gasteiger partial charge < -0.3 is 0 Å². The van der Waals surface area contributed by atoms with Crippen LogP contribution < -0.4 is 0 Å². The third kappa shape index (κ3) is 3.89. The van der Waals surface area contributed by atoms with Crippen molar-refractivity contribution in [3.8, 4) is 0 Å². The minimum Gasteiger partial charge on any atom is -0.231 e. The molecule has 0 saturated heterocycles. The summed E-state index contributed by atoms with van der Waals surface area (Å²) in [5, 5.41) is 0.908. The molecular formula is C14H22N2S2. The predicted octanol–water partition coefficient (Wildman–Crippen LogP) is 4.15. The Balaban J connectivity index is 1.95. The summed E-state index contributed by atoms with van der Waals surface area (Å²) in [7, 11) is 0. The number of nitrogens with zero attached hydrogens (tertiary/aromatic N) is 2. The Morgan fingerprint density at radius 2 is 1.78 bits per heavy atom. The van der Waals surface area contributed by atoms with Crippen LogP contribution >= 0.6 is 24.4 Å². The van der Waals surface area contributed by atoms with E-state index in [0.717, 1.165) is 22.2 Å². The van der Waals surface area contributed by atoms with Crippen LogP contribution in [0.5, 0.6) is 0 Å². The molecule has 0 bridgehead atoms. The van der Waals surface area contributed by atoms with E-state index >= 15 is 0 Å². The van der Waals surface area contributed by atoms with Crippen molar-refractivity contribution in [2.24, 2.45) is 5.41 Å². The summed E-state index contributed by atoms with van der Waals surface area (Å²) in [5.74, 6) is 2.10. The molecule has 100 valence electrons. The molecule has 0 N–H and O–H groups in total. The largest absolute Gasteiger partial charge is 0.231 e. The topological polar surface area (TPSA) is 25.8 Å². The van der Waals surface area contributed by atoms with E-state index in [1.165, 1.54) is 38.5 Å². The maximum atomic E-state index is 4.61. The standard InChI is InChI=1S/C14H22N2S2/c1-12-8-15-13(16-9-12)18-11-14(10-17)6-4-2-3-5-7-14/h8-9,17H,2-7,10-11H2,1H3. The van der Waals surface area contributed by atoms with Crippen molar-refractivity contribution in [1.82, 2.24) is 9.97 Å². The van der Waals surface area contributed by atoms with Crippen molar-refractivity contribution < 1.29 is 0 Å². The highest BCUT2D eigenvalue weighted by atomic mass is 32.2. The molecule has 0 aliphatic heterocycles. The molecule has 0 radical (unpaired) electrons. The van der Waals surface area contributed by atoms with Crippen LogP contribution in [0, 0.1) is 12.3 Å². The smallest absolute Gasteiger partial charge is 0.187 e. The first-order valence-electron chi connectivity index (χ1n) is 6.76. The zero-order valence-electron chi connectivity index (χ0n) is 11.1. The van der Waals surface area contributed by atoms with Crippen LogP contribution in [0.1, 0.15) is 44.1 Å². The van der Waals surface area contributed by atoms with Crippen LogP contribution in [0.2, 0.25) is 0 Å². The average Bonchev–Trinajstić information content (AvgIpc) is 2.64. The van der Waals surface area contributed by atoms with E-state index < -0.39 is 0 Å². The normalized spacial score (nSPS) is 19.4. The van der Waals surface area contributed by atoms with Gasteiger partial charge in [0.1, 0.15) is 0 Å². The van der Waals surface area contributed by atoms with Crippen molar-refractivity contribution in [3.05, 3.63) is 18.0 Å². The molecule has 2 nitrogen and oxygen atoms in total. The molecule has 0 amide bonds. The number of rotatable bonds is 4. The zero-order chi connectivity index (χ0) is 12.8. The quantitative estimate of drug-likeness (QED) is 0.389. The first kappa shape index (κ1) is 14.2. The molecule has 1 fully saturated rings. The van der Waals surface area contributed by atoms with Gasteiger partial charge in [0.25, 0.3) is 0 Å². The van der Waals surface area contributed by atoms with Crippen LogP contribution in [0.3, 0.4) is 0 Å². The number of hydrogen-bond donors (Lipinski definition) is 1. The Hall–Kier alpha value is -0.220. The lowest BCUT2D eigenvalue weighted by atomic mass is 9.84. The number of hydrogen-bond acceptors (Lipinski definition) is 4. The van der Waals surface area contributed by atoms with Gasteiger partial charge in [-0.05, 0) is 36.5 Å². The highest BCUT2D eigenvalue weighted by Crippen LogP contribution is 2.39. The molecule has 1 aromatic rings. The van der Waals surface area contributed by atoms with Crippen molar-refractivity contribution in [1.29, 1.82) is 0 Å². The maximum Gasteiger partial charge on any atom is 0.187 e. The molecule has 18 heavy (non-hydrogen) atoms. The second-order valence-electron chi connectivity index (χ2n) is 5.40. The van der Waals surface area contributed by atoms with E-state index in [1.54, 1.807) is 11.8 Å². The Morgan fingerprint density at radius 3 is 2.33 bits per heavy atom. The van der Waals surface area contributed by atoms with Gasteiger partial charge in [-0.3, -0.25) is 0 Å². The molecule has 1 aliphatic rings. The zero-order valence-corrected chi connectivity index (χ0v) is 12.8. The number of aromatic nitrogens is 2. The fraction of sp³-hybridized carbons (Fsp3) is 0.714. The van der Waals surface area contributed by atoms with E-state index in [9.17, 15) is 0 Å². The lowest BCUT2D eigenvalue weighted by Crippen LogP contribution is -2.25. The summed E-state index contributed by atoms with van der Waals surface area (Å²) < 4.78 is 0. The second kappa shape index (κ2) is 6.80. The summed E-state index contributed by atoms with van der Waals surface area (Å²) >= 11 is 6.40. The third-order valence-corrected chi connectivity index (χ3v) is 5.66. The van der Waals surface area contributed by atoms with Crippen LogP contribution in [0.4, 0.5) is 0 Å². The average molecular weight is 282 g/mol. The van der Waals surface area contributed by atoms with Gasteiger partial charge in [0.2, 0.25) is 0 Å². The van der Waals surface area contributed by atoms with Crippen LogP contribution in [0.15, 0.2) is 17.6 Å². The van der Waals surface area contributed by atoms with Crippen LogP contribution in [-0.4, -0.2) is 21.5 Å². The van der Waals surface area contributed by atoms with E-state index in [4.69, 9.17) is 0 Å². The van der Waals surface area contributed by atoms with Crippen molar-refractivity contribution >= 4 is 24.4 Å². The summed E-state index contributed by atoms with van der Waals surface area (Å²) in [4.78, 5) is 8.76. The number of thiol groups is 1. The molecule has 0 spiro atoms. The van der Waals surface area contributed by atoms with Gasteiger partial charge in [-0.25, -0.2) is 9.97 Å². The fourth-order valence-electron chi connectivity index (χ4n) is 2.50. The van der Waals surface area contributed by atoms with E-state index in [-0.39, 0.29) is 0 Å². The van der Waals surface area contributed by atoms with Crippen molar-refractivity contribution in [2.75, 3.05) is 11.5 Å². The first-order chi connectivity index (χ1) is 8.74. The highest BCUT2D eigenvalue weighted by Gasteiger charge is 2.29. The summed E-state index contributed by atoms with van der Waals surface area (Å²) in [5.41, 5.74) is 1.52. The van der Waals surface area contributed by atoms with Crippen LogP contribution in [0.25, 0.3) is 0 Å². The van der Waals surface area contributed by atoms with Gasteiger partial charge in [0, 0.05) is 18.1 Å². The van der Waals surface area contributed by atoms with Gasteiger partial charge in [-0.2, -0.15) is 12.6 Å². The third-order valence-electron chi connectivity index (χ3n) is 3.76. The lowest BCUT2D eigenvalue weighted by molar-refractivity contribution is 0.332. The Kier molecular flexibility index (Phi) is 5.37. The summed E-state index contributed by atoms with van der Waals surface area (Å²) in [6, 6.07) is 0. The van der Waals surface area contributed by atoms with Gasteiger partial charge in [0.15, 0.2) is 5.16 Å². The molecule has 0 unspecified atom stereocenters. The Morgan fingerprint density at radius 1 is 1.17 bits per heavy atom. The predicted molar refractivity (Wildman–Crippen MR) is 81.5 cm³/mol. The van der Waals surface area contributed by atoms with E-state index in [1.807, 2.05) is 19.3 Å². The van der Waals surface area contributed by atoms with Gasteiger partial charge >= 0.3 is 0 Å². The molecule has 4 heteroatoms. The van der Waals surface area contributed by atoms with Crippen molar-refractivity contribution in [3.63, 3.8) is 0 Å². The molecule has 1 aromatic heterocycles. The molecule has 1 heterocycles. The monoisotopic (exact) mass is 282 g/mol.